The maximum absolute atomic E-state index is 12.5. The minimum atomic E-state index is -0.222. The SMILES string of the molecule is O=C(NC1CCC(n2nnc(-c3ccccc3)n2)CC1)C1CCC(O)CC1. The smallest absolute Gasteiger partial charge is 0.223 e. The van der Waals surface area contributed by atoms with Crippen molar-refractivity contribution in [2.45, 2.75) is 69.6 Å². The molecule has 0 saturated heterocycles. The number of hydrogen-bond donors (Lipinski definition) is 2. The van der Waals surface area contributed by atoms with Crippen molar-refractivity contribution in [3.05, 3.63) is 30.3 Å². The summed E-state index contributed by atoms with van der Waals surface area (Å²) in [6.07, 6.45) is 6.63. The molecule has 1 aromatic heterocycles. The van der Waals surface area contributed by atoms with Crippen molar-refractivity contribution >= 4 is 5.91 Å². The van der Waals surface area contributed by atoms with Gasteiger partial charge < -0.3 is 10.4 Å². The topological polar surface area (TPSA) is 92.9 Å². The number of aromatic nitrogens is 4. The Balaban J connectivity index is 1.28. The van der Waals surface area contributed by atoms with Crippen LogP contribution in [0, 0.1) is 5.92 Å². The van der Waals surface area contributed by atoms with E-state index >= 15 is 0 Å². The number of carbonyl (C=O) groups excluding carboxylic acids is 1. The van der Waals surface area contributed by atoms with Crippen LogP contribution in [0.1, 0.15) is 57.4 Å². The second-order valence-corrected chi connectivity index (χ2v) is 7.82. The number of hydrogen-bond acceptors (Lipinski definition) is 5. The Labute approximate surface area is 159 Å². The first-order chi connectivity index (χ1) is 13.2. The molecule has 2 saturated carbocycles. The van der Waals surface area contributed by atoms with Crippen molar-refractivity contribution in [1.29, 1.82) is 0 Å². The van der Waals surface area contributed by atoms with Gasteiger partial charge in [0.2, 0.25) is 11.7 Å². The third-order valence-electron chi connectivity index (χ3n) is 5.90. The first-order valence-corrected chi connectivity index (χ1v) is 10.0. The molecule has 0 bridgehead atoms. The van der Waals surface area contributed by atoms with Crippen LogP contribution in [0.2, 0.25) is 0 Å². The highest BCUT2D eigenvalue weighted by Crippen LogP contribution is 2.29. The molecule has 1 heterocycles. The number of benzene rings is 1. The van der Waals surface area contributed by atoms with Crippen LogP contribution in [0.15, 0.2) is 30.3 Å². The molecule has 2 aliphatic rings. The lowest BCUT2D eigenvalue weighted by Crippen LogP contribution is -2.42. The summed E-state index contributed by atoms with van der Waals surface area (Å²) < 4.78 is 0. The van der Waals surface area contributed by atoms with Crippen LogP contribution in [0.3, 0.4) is 0 Å². The van der Waals surface area contributed by atoms with E-state index in [1.165, 1.54) is 0 Å². The second-order valence-electron chi connectivity index (χ2n) is 7.82. The van der Waals surface area contributed by atoms with Crippen molar-refractivity contribution in [1.82, 2.24) is 25.5 Å². The summed E-state index contributed by atoms with van der Waals surface area (Å²) in [4.78, 5) is 14.2. The van der Waals surface area contributed by atoms with Gasteiger partial charge in [0.25, 0.3) is 0 Å². The van der Waals surface area contributed by atoms with E-state index in [1.807, 2.05) is 30.3 Å². The highest BCUT2D eigenvalue weighted by atomic mass is 16.3. The molecule has 2 aromatic rings. The number of amides is 1. The summed E-state index contributed by atoms with van der Waals surface area (Å²) in [5, 5.41) is 25.8. The Morgan fingerprint density at radius 2 is 1.70 bits per heavy atom. The predicted octanol–water partition coefficient (Wildman–Crippen LogP) is 2.49. The van der Waals surface area contributed by atoms with E-state index in [4.69, 9.17) is 0 Å². The van der Waals surface area contributed by atoms with Gasteiger partial charge in [-0.3, -0.25) is 4.79 Å². The van der Waals surface area contributed by atoms with Crippen LogP contribution in [-0.4, -0.2) is 43.4 Å². The van der Waals surface area contributed by atoms with Crippen LogP contribution < -0.4 is 5.32 Å². The summed E-state index contributed by atoms with van der Waals surface area (Å²) in [6, 6.07) is 10.4. The van der Waals surface area contributed by atoms with Crippen molar-refractivity contribution in [2.24, 2.45) is 5.92 Å². The highest BCUT2D eigenvalue weighted by Gasteiger charge is 2.29. The molecule has 7 nitrogen and oxygen atoms in total. The van der Waals surface area contributed by atoms with Gasteiger partial charge in [-0.1, -0.05) is 30.3 Å². The second kappa shape index (κ2) is 8.17. The lowest BCUT2D eigenvalue weighted by Gasteiger charge is -2.31. The van der Waals surface area contributed by atoms with Gasteiger partial charge in [-0.15, -0.1) is 10.2 Å². The first-order valence-electron chi connectivity index (χ1n) is 10.0. The number of rotatable bonds is 4. The molecule has 144 valence electrons. The van der Waals surface area contributed by atoms with E-state index in [9.17, 15) is 9.90 Å². The van der Waals surface area contributed by atoms with Crippen LogP contribution in [-0.2, 0) is 4.79 Å². The van der Waals surface area contributed by atoms with E-state index < -0.39 is 0 Å². The van der Waals surface area contributed by atoms with Gasteiger partial charge in [0, 0.05) is 17.5 Å². The number of carbonyl (C=O) groups is 1. The summed E-state index contributed by atoms with van der Waals surface area (Å²) >= 11 is 0. The van der Waals surface area contributed by atoms with Crippen LogP contribution in [0.5, 0.6) is 0 Å². The van der Waals surface area contributed by atoms with E-state index in [2.05, 4.69) is 20.7 Å². The fourth-order valence-corrected chi connectivity index (χ4v) is 4.19. The molecule has 2 aliphatic carbocycles. The van der Waals surface area contributed by atoms with Gasteiger partial charge in [-0.25, -0.2) is 0 Å². The summed E-state index contributed by atoms with van der Waals surface area (Å²) in [5.74, 6) is 0.887. The molecule has 2 fully saturated rings. The fourth-order valence-electron chi connectivity index (χ4n) is 4.19. The van der Waals surface area contributed by atoms with Crippen molar-refractivity contribution in [2.75, 3.05) is 0 Å². The first kappa shape index (κ1) is 18.1. The average Bonchev–Trinajstić information content (AvgIpc) is 3.20. The summed E-state index contributed by atoms with van der Waals surface area (Å²) in [7, 11) is 0. The molecule has 1 amide bonds. The molecule has 0 unspecified atom stereocenters. The quantitative estimate of drug-likeness (QED) is 0.864. The maximum Gasteiger partial charge on any atom is 0.223 e. The molecule has 0 spiro atoms. The Hall–Kier alpha value is -2.28. The van der Waals surface area contributed by atoms with Gasteiger partial charge >= 0.3 is 0 Å². The molecule has 27 heavy (non-hydrogen) atoms. The molecular formula is C20H27N5O2. The van der Waals surface area contributed by atoms with Gasteiger partial charge in [0.15, 0.2) is 0 Å². The zero-order valence-corrected chi connectivity index (χ0v) is 15.5. The van der Waals surface area contributed by atoms with Crippen molar-refractivity contribution in [3.63, 3.8) is 0 Å². The third kappa shape index (κ3) is 4.35. The highest BCUT2D eigenvalue weighted by molar-refractivity contribution is 5.79. The third-order valence-corrected chi connectivity index (χ3v) is 5.90. The molecule has 0 aliphatic heterocycles. The van der Waals surface area contributed by atoms with Gasteiger partial charge in [0.05, 0.1) is 12.1 Å². The Morgan fingerprint density at radius 3 is 2.41 bits per heavy atom. The van der Waals surface area contributed by atoms with Crippen LogP contribution >= 0.6 is 0 Å². The minimum Gasteiger partial charge on any atom is -0.393 e. The number of aliphatic hydroxyl groups excluding tert-OH is 1. The molecule has 0 atom stereocenters. The van der Waals surface area contributed by atoms with E-state index in [0.29, 0.717) is 5.82 Å². The Bertz CT molecular complexity index is 747. The minimum absolute atomic E-state index is 0.0662. The van der Waals surface area contributed by atoms with Gasteiger partial charge in [-0.05, 0) is 56.6 Å². The van der Waals surface area contributed by atoms with E-state index in [1.54, 1.807) is 4.80 Å². The Kier molecular flexibility index (Phi) is 5.48. The zero-order chi connectivity index (χ0) is 18.6. The fraction of sp³-hybridized carbons (Fsp3) is 0.600. The number of nitrogens with zero attached hydrogens (tertiary/aromatic N) is 4. The van der Waals surface area contributed by atoms with Crippen LogP contribution in [0.25, 0.3) is 11.4 Å². The van der Waals surface area contributed by atoms with Gasteiger partial charge in [-0.2, -0.15) is 4.80 Å². The summed E-state index contributed by atoms with van der Waals surface area (Å²) in [5.41, 5.74) is 0.974. The van der Waals surface area contributed by atoms with Crippen LogP contribution in [0.4, 0.5) is 0 Å². The lowest BCUT2D eigenvalue weighted by atomic mass is 9.86. The van der Waals surface area contributed by atoms with Crippen molar-refractivity contribution in [3.8, 4) is 11.4 Å². The number of nitrogens with one attached hydrogen (secondary N) is 1. The summed E-state index contributed by atoms with van der Waals surface area (Å²) in [6.45, 7) is 0. The zero-order valence-electron chi connectivity index (χ0n) is 15.5. The van der Waals surface area contributed by atoms with E-state index in [-0.39, 0.29) is 30.0 Å². The largest absolute Gasteiger partial charge is 0.393 e. The molecule has 4 rings (SSSR count). The Morgan fingerprint density at radius 1 is 1.00 bits per heavy atom. The lowest BCUT2D eigenvalue weighted by molar-refractivity contribution is -0.127. The normalized spacial score (nSPS) is 28.6. The monoisotopic (exact) mass is 369 g/mol. The molecular weight excluding hydrogens is 342 g/mol. The average molecular weight is 369 g/mol. The molecule has 1 aromatic carbocycles. The predicted molar refractivity (Wildman–Crippen MR) is 101 cm³/mol. The van der Waals surface area contributed by atoms with E-state index in [0.717, 1.165) is 56.9 Å². The number of tetrazole rings is 1. The standard InChI is InChI=1S/C20H27N5O2/c26-18-12-6-15(7-13-18)20(27)21-16-8-10-17(11-9-16)25-23-19(22-24-25)14-4-2-1-3-5-14/h1-5,15-18,26H,6-13H2,(H,21,27). The molecule has 0 radical (unpaired) electrons. The van der Waals surface area contributed by atoms with Crippen molar-refractivity contribution < 1.29 is 9.90 Å². The molecule has 7 heteroatoms. The van der Waals surface area contributed by atoms with Gasteiger partial charge in [0.1, 0.15) is 0 Å². The maximum atomic E-state index is 12.5. The number of aliphatic hydroxyl groups is 1. The molecule has 2 N–H and O–H groups in total.